The zero-order valence-electron chi connectivity index (χ0n) is 14.6. The molecule has 5 nitrogen and oxygen atoms in total. The van der Waals surface area contributed by atoms with Crippen molar-refractivity contribution in [3.63, 3.8) is 0 Å². The molecule has 25 heavy (non-hydrogen) atoms. The van der Waals surface area contributed by atoms with Crippen LogP contribution in [0.1, 0.15) is 28.4 Å². The van der Waals surface area contributed by atoms with E-state index in [9.17, 15) is 4.79 Å². The SMILES string of the molecule is CCOc1cccc(CNC(=S)Nc2cc(C(=O)OC)ccc2C)c1. The molecule has 2 rings (SSSR count). The number of carbonyl (C=O) groups is 1. The van der Waals surface area contributed by atoms with E-state index in [1.807, 2.05) is 44.2 Å². The van der Waals surface area contributed by atoms with Gasteiger partial charge in [-0.1, -0.05) is 18.2 Å². The van der Waals surface area contributed by atoms with E-state index < -0.39 is 0 Å². The molecule has 0 bridgehead atoms. The molecule has 0 fully saturated rings. The molecule has 132 valence electrons. The highest BCUT2D eigenvalue weighted by atomic mass is 32.1. The number of anilines is 1. The molecule has 2 aromatic carbocycles. The number of thiocarbonyl (C=S) groups is 1. The number of ether oxygens (including phenoxy) is 2. The largest absolute Gasteiger partial charge is 0.494 e. The van der Waals surface area contributed by atoms with Crippen LogP contribution in [0.2, 0.25) is 0 Å². The number of aryl methyl sites for hydroxylation is 1. The summed E-state index contributed by atoms with van der Waals surface area (Å²) < 4.78 is 10.2. The van der Waals surface area contributed by atoms with Gasteiger partial charge in [-0.3, -0.25) is 0 Å². The number of benzene rings is 2. The Morgan fingerprint density at radius 1 is 1.20 bits per heavy atom. The Morgan fingerprint density at radius 3 is 2.72 bits per heavy atom. The van der Waals surface area contributed by atoms with Gasteiger partial charge in [-0.2, -0.15) is 0 Å². The molecular formula is C19H22N2O3S. The Hall–Kier alpha value is -2.60. The fraction of sp³-hybridized carbons (Fsp3) is 0.263. The van der Waals surface area contributed by atoms with E-state index in [0.717, 1.165) is 22.6 Å². The van der Waals surface area contributed by atoms with E-state index >= 15 is 0 Å². The van der Waals surface area contributed by atoms with Crippen molar-refractivity contribution < 1.29 is 14.3 Å². The third-order valence-corrected chi connectivity index (χ3v) is 3.82. The number of nitrogens with one attached hydrogen (secondary N) is 2. The van der Waals surface area contributed by atoms with Crippen LogP contribution >= 0.6 is 12.2 Å². The van der Waals surface area contributed by atoms with Crippen molar-refractivity contribution in [2.24, 2.45) is 0 Å². The third-order valence-electron chi connectivity index (χ3n) is 3.57. The van der Waals surface area contributed by atoms with Gasteiger partial charge < -0.3 is 20.1 Å². The van der Waals surface area contributed by atoms with E-state index in [1.54, 1.807) is 12.1 Å². The number of hydrogen-bond acceptors (Lipinski definition) is 4. The normalized spacial score (nSPS) is 10.0. The zero-order chi connectivity index (χ0) is 18.2. The second kappa shape index (κ2) is 9.03. The molecule has 0 heterocycles. The van der Waals surface area contributed by atoms with Crippen molar-refractivity contribution in [2.45, 2.75) is 20.4 Å². The molecule has 0 radical (unpaired) electrons. The molecule has 0 atom stereocenters. The minimum Gasteiger partial charge on any atom is -0.494 e. The van der Waals surface area contributed by atoms with Gasteiger partial charge in [0.2, 0.25) is 0 Å². The van der Waals surface area contributed by atoms with Gasteiger partial charge in [0, 0.05) is 12.2 Å². The van der Waals surface area contributed by atoms with Crippen LogP contribution in [-0.4, -0.2) is 24.8 Å². The first-order valence-electron chi connectivity index (χ1n) is 7.99. The summed E-state index contributed by atoms with van der Waals surface area (Å²) in [5.41, 5.74) is 3.29. The summed E-state index contributed by atoms with van der Waals surface area (Å²) in [5, 5.41) is 6.75. The zero-order valence-corrected chi connectivity index (χ0v) is 15.4. The van der Waals surface area contributed by atoms with Crippen LogP contribution in [0.3, 0.4) is 0 Å². The van der Waals surface area contributed by atoms with Crippen LogP contribution in [0.25, 0.3) is 0 Å². The highest BCUT2D eigenvalue weighted by Crippen LogP contribution is 2.18. The van der Waals surface area contributed by atoms with Crippen molar-refractivity contribution in [3.8, 4) is 5.75 Å². The topological polar surface area (TPSA) is 59.6 Å². The van der Waals surface area contributed by atoms with Gasteiger partial charge in [-0.05, 0) is 61.5 Å². The van der Waals surface area contributed by atoms with E-state index in [2.05, 4.69) is 10.6 Å². The highest BCUT2D eigenvalue weighted by molar-refractivity contribution is 7.80. The van der Waals surface area contributed by atoms with E-state index in [4.69, 9.17) is 21.7 Å². The third kappa shape index (κ3) is 5.46. The van der Waals surface area contributed by atoms with Gasteiger partial charge in [0.05, 0.1) is 19.3 Å². The maximum absolute atomic E-state index is 11.6. The number of methoxy groups -OCH3 is 1. The van der Waals surface area contributed by atoms with Crippen molar-refractivity contribution in [3.05, 3.63) is 59.2 Å². The fourth-order valence-electron chi connectivity index (χ4n) is 2.26. The Labute approximate surface area is 153 Å². The van der Waals surface area contributed by atoms with E-state index in [1.165, 1.54) is 7.11 Å². The molecule has 0 amide bonds. The Morgan fingerprint density at radius 2 is 2.00 bits per heavy atom. The molecule has 0 spiro atoms. The molecule has 0 aliphatic carbocycles. The van der Waals surface area contributed by atoms with Crippen LogP contribution in [0.15, 0.2) is 42.5 Å². The second-order valence-corrected chi connectivity index (χ2v) is 5.82. The molecule has 2 N–H and O–H groups in total. The Balaban J connectivity index is 1.98. The van der Waals surface area contributed by atoms with Gasteiger partial charge in [-0.25, -0.2) is 4.79 Å². The standard InChI is InChI=1S/C19H22N2O3S/c1-4-24-16-7-5-6-14(10-16)12-20-19(25)21-17-11-15(18(22)23-3)9-8-13(17)2/h5-11H,4,12H2,1-3H3,(H2,20,21,25). The molecule has 6 heteroatoms. The summed E-state index contributed by atoms with van der Waals surface area (Å²) in [6, 6.07) is 13.1. The minimum atomic E-state index is -0.380. The predicted molar refractivity (Wildman–Crippen MR) is 103 cm³/mol. The van der Waals surface area contributed by atoms with Crippen molar-refractivity contribution >= 4 is 29.0 Å². The van der Waals surface area contributed by atoms with Crippen LogP contribution in [0, 0.1) is 6.92 Å². The predicted octanol–water partition coefficient (Wildman–Crippen LogP) is 3.67. The Kier molecular flexibility index (Phi) is 6.77. The minimum absolute atomic E-state index is 0.380. The molecule has 0 aromatic heterocycles. The molecule has 2 aromatic rings. The molecule has 0 aliphatic heterocycles. The monoisotopic (exact) mass is 358 g/mol. The number of hydrogen-bond donors (Lipinski definition) is 2. The van der Waals surface area contributed by atoms with Gasteiger partial charge >= 0.3 is 5.97 Å². The van der Waals surface area contributed by atoms with Gasteiger partial charge in [0.25, 0.3) is 0 Å². The summed E-state index contributed by atoms with van der Waals surface area (Å²) >= 11 is 5.35. The average Bonchev–Trinajstić information content (AvgIpc) is 2.62. The lowest BCUT2D eigenvalue weighted by molar-refractivity contribution is 0.0601. The first kappa shape index (κ1) is 18.7. The van der Waals surface area contributed by atoms with Gasteiger partial charge in [0.15, 0.2) is 5.11 Å². The lowest BCUT2D eigenvalue weighted by Gasteiger charge is -2.14. The molecule has 0 saturated carbocycles. The maximum Gasteiger partial charge on any atom is 0.337 e. The molecule has 0 saturated heterocycles. The number of esters is 1. The van der Waals surface area contributed by atoms with Crippen molar-refractivity contribution in [2.75, 3.05) is 19.0 Å². The number of rotatable bonds is 6. The van der Waals surface area contributed by atoms with E-state index in [-0.39, 0.29) is 5.97 Å². The fourth-order valence-corrected chi connectivity index (χ4v) is 2.44. The average molecular weight is 358 g/mol. The summed E-state index contributed by atoms with van der Waals surface area (Å²) in [6.07, 6.45) is 0. The molecule has 0 aliphatic rings. The summed E-state index contributed by atoms with van der Waals surface area (Å²) in [4.78, 5) is 11.6. The van der Waals surface area contributed by atoms with Gasteiger partial charge in [-0.15, -0.1) is 0 Å². The maximum atomic E-state index is 11.6. The van der Waals surface area contributed by atoms with Crippen LogP contribution in [0.5, 0.6) is 5.75 Å². The van der Waals surface area contributed by atoms with Gasteiger partial charge in [0.1, 0.15) is 5.75 Å². The van der Waals surface area contributed by atoms with Crippen molar-refractivity contribution in [1.82, 2.24) is 5.32 Å². The molecular weight excluding hydrogens is 336 g/mol. The smallest absolute Gasteiger partial charge is 0.337 e. The Bertz CT molecular complexity index is 762. The van der Waals surface area contributed by atoms with Crippen LogP contribution < -0.4 is 15.4 Å². The summed E-state index contributed by atoms with van der Waals surface area (Å²) in [6.45, 7) is 5.10. The lowest BCUT2D eigenvalue weighted by atomic mass is 10.1. The summed E-state index contributed by atoms with van der Waals surface area (Å²) in [5.74, 6) is 0.456. The van der Waals surface area contributed by atoms with Crippen LogP contribution in [0.4, 0.5) is 5.69 Å². The quantitative estimate of drug-likeness (QED) is 0.607. The lowest BCUT2D eigenvalue weighted by Crippen LogP contribution is -2.28. The van der Waals surface area contributed by atoms with E-state index in [0.29, 0.717) is 23.8 Å². The van der Waals surface area contributed by atoms with Crippen LogP contribution in [-0.2, 0) is 11.3 Å². The summed E-state index contributed by atoms with van der Waals surface area (Å²) in [7, 11) is 1.36. The highest BCUT2D eigenvalue weighted by Gasteiger charge is 2.09. The first-order chi connectivity index (χ1) is 12.0. The molecule has 0 unspecified atom stereocenters. The second-order valence-electron chi connectivity index (χ2n) is 5.41. The van der Waals surface area contributed by atoms with Crippen molar-refractivity contribution in [1.29, 1.82) is 0 Å². The number of carbonyl (C=O) groups excluding carboxylic acids is 1. The first-order valence-corrected chi connectivity index (χ1v) is 8.40.